The molecule has 0 bridgehead atoms. The third kappa shape index (κ3) is 4.26. The van der Waals surface area contributed by atoms with Crippen molar-refractivity contribution in [3.05, 3.63) is 45.0 Å². The molecule has 6 heteroatoms. The van der Waals surface area contributed by atoms with Crippen LogP contribution in [-0.2, 0) is 4.79 Å². The lowest BCUT2D eigenvalue weighted by Gasteiger charge is -2.09. The summed E-state index contributed by atoms with van der Waals surface area (Å²) in [5.74, 6) is 0.661. The average molecular weight is 345 g/mol. The molecule has 25 heavy (non-hydrogen) atoms. The van der Waals surface area contributed by atoms with Crippen LogP contribution < -0.4 is 9.47 Å². The van der Waals surface area contributed by atoms with Crippen LogP contribution >= 0.6 is 0 Å². The molecule has 0 saturated carbocycles. The SMILES string of the molecule is CCCCCC1=CC/C(=C\c2cc(OC)c(OC)cc2[N+](=O)[O-])C1=O. The molecule has 0 aliphatic heterocycles. The van der Waals surface area contributed by atoms with E-state index in [0.717, 1.165) is 31.3 Å². The van der Waals surface area contributed by atoms with Gasteiger partial charge in [0.05, 0.1) is 30.8 Å². The molecule has 6 nitrogen and oxygen atoms in total. The fourth-order valence-electron chi connectivity index (χ4n) is 2.88. The molecule has 1 aromatic rings. The molecule has 1 aromatic carbocycles. The molecule has 0 N–H and O–H groups in total. The van der Waals surface area contributed by atoms with Gasteiger partial charge >= 0.3 is 0 Å². The number of nitro groups is 1. The normalized spacial score (nSPS) is 15.4. The number of benzene rings is 1. The van der Waals surface area contributed by atoms with Crippen LogP contribution in [0.3, 0.4) is 0 Å². The monoisotopic (exact) mass is 345 g/mol. The number of ketones is 1. The van der Waals surface area contributed by atoms with Gasteiger partial charge in [0, 0.05) is 5.57 Å². The van der Waals surface area contributed by atoms with Gasteiger partial charge in [-0.05, 0) is 37.0 Å². The molecule has 0 radical (unpaired) electrons. The van der Waals surface area contributed by atoms with E-state index in [2.05, 4.69) is 6.92 Å². The number of nitrogens with zero attached hydrogens (tertiary/aromatic N) is 1. The molecule has 0 saturated heterocycles. The van der Waals surface area contributed by atoms with Crippen molar-refractivity contribution >= 4 is 17.5 Å². The zero-order chi connectivity index (χ0) is 18.4. The van der Waals surface area contributed by atoms with Crippen molar-refractivity contribution in [2.24, 2.45) is 0 Å². The second-order valence-electron chi connectivity index (χ2n) is 5.91. The van der Waals surface area contributed by atoms with E-state index < -0.39 is 4.92 Å². The summed E-state index contributed by atoms with van der Waals surface area (Å²) in [7, 11) is 2.89. The number of allylic oxidation sites excluding steroid dienone is 3. The van der Waals surface area contributed by atoms with Gasteiger partial charge in [-0.3, -0.25) is 14.9 Å². The first-order chi connectivity index (χ1) is 12.0. The Hall–Kier alpha value is -2.63. The Morgan fingerprint density at radius 2 is 1.88 bits per heavy atom. The molecule has 0 spiro atoms. The highest BCUT2D eigenvalue weighted by atomic mass is 16.6. The summed E-state index contributed by atoms with van der Waals surface area (Å²) in [6.07, 6.45) is 7.96. The van der Waals surface area contributed by atoms with Crippen LogP contribution in [0.5, 0.6) is 11.5 Å². The molecule has 0 atom stereocenters. The van der Waals surface area contributed by atoms with Gasteiger partial charge in [0.1, 0.15) is 0 Å². The number of carbonyl (C=O) groups excluding carboxylic acids is 1. The lowest BCUT2D eigenvalue weighted by molar-refractivity contribution is -0.385. The van der Waals surface area contributed by atoms with Gasteiger partial charge < -0.3 is 9.47 Å². The Balaban J connectivity index is 2.31. The first kappa shape index (κ1) is 18.7. The molecule has 0 unspecified atom stereocenters. The average Bonchev–Trinajstić information content (AvgIpc) is 2.94. The summed E-state index contributed by atoms with van der Waals surface area (Å²) < 4.78 is 10.3. The van der Waals surface area contributed by atoms with Gasteiger partial charge in [0.15, 0.2) is 17.3 Å². The summed E-state index contributed by atoms with van der Waals surface area (Å²) in [4.78, 5) is 23.4. The maximum Gasteiger partial charge on any atom is 0.280 e. The van der Waals surface area contributed by atoms with E-state index in [1.165, 1.54) is 26.4 Å². The topological polar surface area (TPSA) is 78.7 Å². The van der Waals surface area contributed by atoms with Crippen LogP contribution in [0.15, 0.2) is 29.4 Å². The Labute approximate surface area is 147 Å². The number of hydrogen-bond donors (Lipinski definition) is 0. The molecule has 1 aliphatic carbocycles. The highest BCUT2D eigenvalue weighted by Gasteiger charge is 2.23. The number of ether oxygens (including phenoxy) is 2. The highest BCUT2D eigenvalue weighted by Crippen LogP contribution is 2.37. The van der Waals surface area contributed by atoms with Crippen molar-refractivity contribution in [1.29, 1.82) is 0 Å². The molecular formula is C19H23NO5. The number of nitro benzene ring substituents is 1. The minimum absolute atomic E-state index is 0.0137. The fraction of sp³-hybridized carbons (Fsp3) is 0.421. The standard InChI is InChI=1S/C19H23NO5/c1-4-5-6-7-13-8-9-14(19(13)21)10-15-11-17(24-2)18(25-3)12-16(15)20(22)23/h8,10-12H,4-7,9H2,1-3H3/b14-10+. The van der Waals surface area contributed by atoms with Gasteiger partial charge in [-0.25, -0.2) is 0 Å². The number of carbonyl (C=O) groups is 1. The highest BCUT2D eigenvalue weighted by molar-refractivity contribution is 6.13. The molecule has 0 amide bonds. The third-order valence-corrected chi connectivity index (χ3v) is 4.26. The molecular weight excluding hydrogens is 322 g/mol. The zero-order valence-corrected chi connectivity index (χ0v) is 14.8. The summed E-state index contributed by atoms with van der Waals surface area (Å²) in [6.45, 7) is 2.12. The van der Waals surface area contributed by atoms with Crippen molar-refractivity contribution in [1.82, 2.24) is 0 Å². The molecule has 2 rings (SSSR count). The van der Waals surface area contributed by atoms with Crippen LogP contribution in [-0.4, -0.2) is 24.9 Å². The minimum atomic E-state index is -0.483. The van der Waals surface area contributed by atoms with E-state index in [-0.39, 0.29) is 17.2 Å². The quantitative estimate of drug-likeness (QED) is 0.300. The van der Waals surface area contributed by atoms with Crippen molar-refractivity contribution in [2.75, 3.05) is 14.2 Å². The number of Topliss-reactive ketones (excluding diaryl/α,β-unsaturated/α-hetero) is 1. The first-order valence-corrected chi connectivity index (χ1v) is 8.36. The Kier molecular flexibility index (Phi) is 6.33. The van der Waals surface area contributed by atoms with Crippen molar-refractivity contribution in [2.45, 2.75) is 39.0 Å². The summed E-state index contributed by atoms with van der Waals surface area (Å²) in [5, 5.41) is 11.4. The zero-order valence-electron chi connectivity index (χ0n) is 14.8. The number of hydrogen-bond acceptors (Lipinski definition) is 5. The second kappa shape index (κ2) is 8.46. The Morgan fingerprint density at radius 3 is 2.48 bits per heavy atom. The molecule has 0 heterocycles. The molecule has 0 aromatic heterocycles. The second-order valence-corrected chi connectivity index (χ2v) is 5.91. The van der Waals surface area contributed by atoms with Gasteiger partial charge in [0.2, 0.25) is 0 Å². The van der Waals surface area contributed by atoms with Gasteiger partial charge in [-0.2, -0.15) is 0 Å². The fourth-order valence-corrected chi connectivity index (χ4v) is 2.88. The minimum Gasteiger partial charge on any atom is -0.493 e. The van der Waals surface area contributed by atoms with Gasteiger partial charge in [0.25, 0.3) is 5.69 Å². The van der Waals surface area contributed by atoms with Crippen molar-refractivity contribution in [3.8, 4) is 11.5 Å². The van der Waals surface area contributed by atoms with E-state index in [9.17, 15) is 14.9 Å². The van der Waals surface area contributed by atoms with Crippen LogP contribution in [0.25, 0.3) is 6.08 Å². The predicted molar refractivity (Wildman–Crippen MR) is 96.0 cm³/mol. The van der Waals surface area contributed by atoms with E-state index in [4.69, 9.17) is 9.47 Å². The van der Waals surface area contributed by atoms with Crippen LogP contribution in [0.1, 0.15) is 44.6 Å². The number of unbranched alkanes of at least 4 members (excludes halogenated alkanes) is 2. The Bertz CT molecular complexity index is 734. The summed E-state index contributed by atoms with van der Waals surface area (Å²) >= 11 is 0. The lowest BCUT2D eigenvalue weighted by atomic mass is 10.0. The largest absolute Gasteiger partial charge is 0.493 e. The predicted octanol–water partition coefficient (Wildman–Crippen LogP) is 4.47. The van der Waals surface area contributed by atoms with Gasteiger partial charge in [-0.15, -0.1) is 0 Å². The molecule has 134 valence electrons. The van der Waals surface area contributed by atoms with E-state index in [1.54, 1.807) is 6.08 Å². The summed E-state index contributed by atoms with van der Waals surface area (Å²) in [5.41, 5.74) is 1.61. The first-order valence-electron chi connectivity index (χ1n) is 8.36. The van der Waals surface area contributed by atoms with Crippen LogP contribution in [0.4, 0.5) is 5.69 Å². The van der Waals surface area contributed by atoms with Crippen LogP contribution in [0, 0.1) is 10.1 Å². The maximum absolute atomic E-state index is 12.5. The maximum atomic E-state index is 12.5. The molecule has 1 aliphatic rings. The third-order valence-electron chi connectivity index (χ3n) is 4.26. The van der Waals surface area contributed by atoms with E-state index >= 15 is 0 Å². The van der Waals surface area contributed by atoms with Crippen LogP contribution in [0.2, 0.25) is 0 Å². The van der Waals surface area contributed by atoms with Gasteiger partial charge in [-0.1, -0.05) is 25.8 Å². The number of methoxy groups -OCH3 is 2. The smallest absolute Gasteiger partial charge is 0.280 e. The van der Waals surface area contributed by atoms with E-state index in [1.807, 2.05) is 6.08 Å². The lowest BCUT2D eigenvalue weighted by Crippen LogP contribution is -2.01. The summed E-state index contributed by atoms with van der Waals surface area (Å²) in [6, 6.07) is 2.85. The Morgan fingerprint density at radius 1 is 1.20 bits per heavy atom. The van der Waals surface area contributed by atoms with Crippen molar-refractivity contribution < 1.29 is 19.2 Å². The number of rotatable bonds is 8. The van der Waals surface area contributed by atoms with Crippen molar-refractivity contribution in [3.63, 3.8) is 0 Å². The van der Waals surface area contributed by atoms with E-state index in [0.29, 0.717) is 23.3 Å². The molecule has 0 fully saturated rings.